The van der Waals surface area contributed by atoms with Crippen LogP contribution in [0.25, 0.3) is 5.69 Å². The van der Waals surface area contributed by atoms with Crippen molar-refractivity contribution >= 4 is 17.6 Å². The smallest absolute Gasteiger partial charge is 0.489 e. The normalized spacial score (nSPS) is 11.5. The molecular formula is C24H24ClF3N2O4. The lowest BCUT2D eigenvalue weighted by Gasteiger charge is -2.10. The highest BCUT2D eigenvalue weighted by Crippen LogP contribution is 2.31. The van der Waals surface area contributed by atoms with Gasteiger partial charge >= 0.3 is 12.3 Å². The molecule has 0 atom stereocenters. The lowest BCUT2D eigenvalue weighted by Crippen LogP contribution is -2.17. The largest absolute Gasteiger partial charge is 0.573 e. The van der Waals surface area contributed by atoms with Gasteiger partial charge in [-0.1, -0.05) is 37.6 Å². The molecule has 10 heteroatoms. The summed E-state index contributed by atoms with van der Waals surface area (Å²) in [4.78, 5) is 11.7. The van der Waals surface area contributed by atoms with Crippen LogP contribution in [0.2, 0.25) is 5.15 Å². The van der Waals surface area contributed by atoms with Crippen molar-refractivity contribution in [3.05, 3.63) is 70.5 Å². The van der Waals surface area contributed by atoms with E-state index in [2.05, 4.69) is 9.84 Å². The SMILES string of the molecule is CCOC(=O)Cc1cccc(OCc2c(C(C)C)nn(-c3ccc(OC(F)(F)F)cc3)c2Cl)c1. The fourth-order valence-electron chi connectivity index (χ4n) is 3.28. The summed E-state index contributed by atoms with van der Waals surface area (Å²) in [5.74, 6) is -0.0955. The maximum absolute atomic E-state index is 12.4. The number of nitrogens with zero attached hydrogens (tertiary/aromatic N) is 2. The minimum atomic E-state index is -4.77. The van der Waals surface area contributed by atoms with E-state index in [1.807, 2.05) is 13.8 Å². The molecule has 0 spiro atoms. The van der Waals surface area contributed by atoms with Gasteiger partial charge in [-0.05, 0) is 54.8 Å². The molecule has 1 heterocycles. The highest BCUT2D eigenvalue weighted by molar-refractivity contribution is 6.30. The van der Waals surface area contributed by atoms with Crippen LogP contribution in [0, 0.1) is 0 Å². The standard InChI is InChI=1S/C24H24ClF3N2O4/c1-4-32-21(31)13-16-6-5-7-19(12-16)33-14-20-22(15(2)3)29-30(23(20)25)17-8-10-18(11-9-17)34-24(26,27)28/h5-12,15H,4,13-14H2,1-3H3. The van der Waals surface area contributed by atoms with Crippen LogP contribution >= 0.6 is 11.6 Å². The summed E-state index contributed by atoms with van der Waals surface area (Å²) < 4.78 is 53.5. The number of esters is 1. The number of halogens is 4. The van der Waals surface area contributed by atoms with Crippen molar-refractivity contribution in [3.63, 3.8) is 0 Å². The molecule has 0 fully saturated rings. The number of rotatable bonds is 9. The average Bonchev–Trinajstić information content (AvgIpc) is 3.08. The summed E-state index contributed by atoms with van der Waals surface area (Å²) >= 11 is 6.60. The second kappa shape index (κ2) is 10.8. The molecule has 6 nitrogen and oxygen atoms in total. The Hall–Kier alpha value is -3.20. The van der Waals surface area contributed by atoms with E-state index in [0.29, 0.717) is 29.3 Å². The molecule has 0 N–H and O–H groups in total. The maximum Gasteiger partial charge on any atom is 0.573 e. The van der Waals surface area contributed by atoms with Crippen molar-refractivity contribution < 1.29 is 32.2 Å². The molecule has 0 unspecified atom stereocenters. The van der Waals surface area contributed by atoms with Gasteiger partial charge in [0.1, 0.15) is 23.3 Å². The molecule has 0 saturated carbocycles. The molecule has 0 amide bonds. The van der Waals surface area contributed by atoms with E-state index in [1.54, 1.807) is 31.2 Å². The Morgan fingerprint density at radius 3 is 2.44 bits per heavy atom. The number of ether oxygens (including phenoxy) is 3. The van der Waals surface area contributed by atoms with Crippen LogP contribution in [0.1, 0.15) is 43.5 Å². The topological polar surface area (TPSA) is 62.6 Å². The Bertz CT molecular complexity index is 1130. The lowest BCUT2D eigenvalue weighted by molar-refractivity contribution is -0.274. The minimum absolute atomic E-state index is 0.0142. The molecule has 3 aromatic rings. The number of aromatic nitrogens is 2. The molecular weight excluding hydrogens is 473 g/mol. The summed E-state index contributed by atoms with van der Waals surface area (Å²) in [6.07, 6.45) is -4.64. The Balaban J connectivity index is 1.80. The Kier molecular flexibility index (Phi) is 8.09. The number of alkyl halides is 3. The van der Waals surface area contributed by atoms with E-state index in [9.17, 15) is 18.0 Å². The number of carbonyl (C=O) groups excluding carboxylic acids is 1. The lowest BCUT2D eigenvalue weighted by atomic mass is 10.1. The first kappa shape index (κ1) is 25.4. The van der Waals surface area contributed by atoms with Gasteiger partial charge in [-0.2, -0.15) is 5.10 Å². The average molecular weight is 497 g/mol. The molecule has 0 aliphatic rings. The van der Waals surface area contributed by atoms with Crippen LogP contribution in [0.15, 0.2) is 48.5 Å². The van der Waals surface area contributed by atoms with Crippen LogP contribution in [0.3, 0.4) is 0 Å². The van der Waals surface area contributed by atoms with Gasteiger partial charge in [0.15, 0.2) is 0 Å². The monoisotopic (exact) mass is 496 g/mol. The zero-order valence-corrected chi connectivity index (χ0v) is 19.6. The van der Waals surface area contributed by atoms with E-state index in [-0.39, 0.29) is 35.8 Å². The van der Waals surface area contributed by atoms with Crippen LogP contribution in [0.5, 0.6) is 11.5 Å². The van der Waals surface area contributed by atoms with E-state index in [1.165, 1.54) is 28.9 Å². The highest BCUT2D eigenvalue weighted by atomic mass is 35.5. The van der Waals surface area contributed by atoms with Gasteiger partial charge in [-0.15, -0.1) is 13.2 Å². The van der Waals surface area contributed by atoms with Crippen LogP contribution in [-0.2, 0) is 22.6 Å². The molecule has 34 heavy (non-hydrogen) atoms. The Labute approximate surface area is 200 Å². The van der Waals surface area contributed by atoms with E-state index >= 15 is 0 Å². The van der Waals surface area contributed by atoms with Gasteiger partial charge in [-0.3, -0.25) is 4.79 Å². The number of carbonyl (C=O) groups is 1. The Morgan fingerprint density at radius 1 is 1.12 bits per heavy atom. The Morgan fingerprint density at radius 2 is 1.82 bits per heavy atom. The quantitative estimate of drug-likeness (QED) is 0.328. The molecule has 182 valence electrons. The first-order valence-corrected chi connectivity index (χ1v) is 11.0. The molecule has 2 aromatic carbocycles. The predicted molar refractivity (Wildman–Crippen MR) is 120 cm³/mol. The van der Waals surface area contributed by atoms with E-state index < -0.39 is 6.36 Å². The van der Waals surface area contributed by atoms with Crippen molar-refractivity contribution in [1.29, 1.82) is 0 Å². The third-order valence-corrected chi connectivity index (χ3v) is 5.14. The summed E-state index contributed by atoms with van der Waals surface area (Å²) in [6, 6.07) is 12.4. The number of hydrogen-bond donors (Lipinski definition) is 0. The summed E-state index contributed by atoms with van der Waals surface area (Å²) in [7, 11) is 0. The minimum Gasteiger partial charge on any atom is -0.489 e. The fourth-order valence-corrected chi connectivity index (χ4v) is 3.57. The molecule has 0 aliphatic heterocycles. The zero-order chi connectivity index (χ0) is 24.9. The van der Waals surface area contributed by atoms with Gasteiger partial charge in [0.05, 0.1) is 30.0 Å². The number of benzene rings is 2. The third-order valence-electron chi connectivity index (χ3n) is 4.75. The van der Waals surface area contributed by atoms with Crippen LogP contribution in [0.4, 0.5) is 13.2 Å². The second-order valence-corrected chi connectivity index (χ2v) is 8.04. The van der Waals surface area contributed by atoms with Crippen molar-refractivity contribution in [2.45, 2.75) is 46.1 Å². The molecule has 0 saturated heterocycles. The van der Waals surface area contributed by atoms with Gasteiger partial charge in [-0.25, -0.2) is 4.68 Å². The fraction of sp³-hybridized carbons (Fsp3) is 0.333. The zero-order valence-electron chi connectivity index (χ0n) is 18.9. The second-order valence-electron chi connectivity index (χ2n) is 7.68. The van der Waals surface area contributed by atoms with Gasteiger partial charge in [0, 0.05) is 0 Å². The van der Waals surface area contributed by atoms with Crippen molar-refractivity contribution in [1.82, 2.24) is 9.78 Å². The molecule has 0 aliphatic carbocycles. The third kappa shape index (κ3) is 6.66. The molecule has 0 radical (unpaired) electrons. The predicted octanol–water partition coefficient (Wildman–Crippen LogP) is 6.23. The van der Waals surface area contributed by atoms with Crippen molar-refractivity contribution in [2.24, 2.45) is 0 Å². The van der Waals surface area contributed by atoms with E-state index in [4.69, 9.17) is 21.1 Å². The van der Waals surface area contributed by atoms with Crippen molar-refractivity contribution in [2.75, 3.05) is 6.61 Å². The summed E-state index contributed by atoms with van der Waals surface area (Å²) in [6.45, 7) is 6.08. The first-order valence-electron chi connectivity index (χ1n) is 10.6. The van der Waals surface area contributed by atoms with E-state index in [0.717, 1.165) is 5.56 Å². The molecule has 3 rings (SSSR count). The van der Waals surface area contributed by atoms with Gasteiger partial charge < -0.3 is 14.2 Å². The van der Waals surface area contributed by atoms with Crippen LogP contribution in [-0.4, -0.2) is 28.7 Å². The van der Waals surface area contributed by atoms with Crippen molar-refractivity contribution in [3.8, 4) is 17.2 Å². The first-order chi connectivity index (χ1) is 16.1. The summed E-state index contributed by atoms with van der Waals surface area (Å²) in [5, 5.41) is 4.84. The van der Waals surface area contributed by atoms with Gasteiger partial charge in [0.2, 0.25) is 0 Å². The van der Waals surface area contributed by atoms with Gasteiger partial charge in [0.25, 0.3) is 0 Å². The maximum atomic E-state index is 12.4. The molecule has 0 bridgehead atoms. The summed E-state index contributed by atoms with van der Waals surface area (Å²) in [5.41, 5.74) is 2.58. The van der Waals surface area contributed by atoms with Crippen LogP contribution < -0.4 is 9.47 Å². The number of hydrogen-bond acceptors (Lipinski definition) is 5. The molecule has 1 aromatic heterocycles. The highest BCUT2D eigenvalue weighted by Gasteiger charge is 2.31.